The SMILES string of the molecule is CCc1nnc(NC(=O)c2ccc(-n3nncc3-c3ccc(Cl)cc3)cc2)s1. The summed E-state index contributed by atoms with van der Waals surface area (Å²) in [6, 6.07) is 14.6. The van der Waals surface area contributed by atoms with Crippen molar-refractivity contribution in [1.29, 1.82) is 0 Å². The Bertz CT molecular complexity index is 1100. The summed E-state index contributed by atoms with van der Waals surface area (Å²) in [4.78, 5) is 12.4. The summed E-state index contributed by atoms with van der Waals surface area (Å²) in [5.74, 6) is -0.234. The number of hydrogen-bond donors (Lipinski definition) is 1. The van der Waals surface area contributed by atoms with Gasteiger partial charge >= 0.3 is 0 Å². The molecule has 0 spiro atoms. The monoisotopic (exact) mass is 410 g/mol. The van der Waals surface area contributed by atoms with Crippen LogP contribution in [0, 0.1) is 0 Å². The van der Waals surface area contributed by atoms with Crippen LogP contribution in [-0.4, -0.2) is 31.1 Å². The molecule has 0 bridgehead atoms. The van der Waals surface area contributed by atoms with Gasteiger partial charge in [0, 0.05) is 16.1 Å². The van der Waals surface area contributed by atoms with E-state index in [1.807, 2.05) is 43.3 Å². The second-order valence-electron chi connectivity index (χ2n) is 5.89. The van der Waals surface area contributed by atoms with Crippen LogP contribution in [0.15, 0.2) is 54.7 Å². The Balaban J connectivity index is 1.54. The molecule has 7 nitrogen and oxygen atoms in total. The standard InChI is InChI=1S/C19H15ClN6OS/c1-2-17-23-24-19(28-17)22-18(27)13-5-9-15(10-6-13)26-16(11-21-25-26)12-3-7-14(20)8-4-12/h3-11H,2H2,1H3,(H,22,24,27). The van der Waals surface area contributed by atoms with Crippen molar-refractivity contribution in [2.24, 2.45) is 0 Å². The van der Waals surface area contributed by atoms with E-state index < -0.39 is 0 Å². The van der Waals surface area contributed by atoms with Crippen molar-refractivity contribution in [3.63, 3.8) is 0 Å². The van der Waals surface area contributed by atoms with E-state index in [4.69, 9.17) is 11.6 Å². The van der Waals surface area contributed by atoms with Crippen LogP contribution in [0.25, 0.3) is 16.9 Å². The van der Waals surface area contributed by atoms with Crippen molar-refractivity contribution in [3.05, 3.63) is 70.3 Å². The van der Waals surface area contributed by atoms with Gasteiger partial charge in [0.2, 0.25) is 5.13 Å². The number of nitrogens with one attached hydrogen (secondary N) is 1. The van der Waals surface area contributed by atoms with Crippen molar-refractivity contribution >= 4 is 34.0 Å². The third-order valence-electron chi connectivity index (χ3n) is 4.05. The maximum Gasteiger partial charge on any atom is 0.257 e. The van der Waals surface area contributed by atoms with Gasteiger partial charge in [-0.2, -0.15) is 0 Å². The summed E-state index contributed by atoms with van der Waals surface area (Å²) in [5.41, 5.74) is 3.09. The molecule has 4 aromatic rings. The molecule has 0 saturated heterocycles. The average Bonchev–Trinajstić information content (AvgIpc) is 3.38. The topological polar surface area (TPSA) is 85.6 Å². The Morgan fingerprint density at radius 1 is 1.11 bits per heavy atom. The molecule has 4 rings (SSSR count). The first-order chi connectivity index (χ1) is 13.6. The van der Waals surface area contributed by atoms with E-state index in [2.05, 4.69) is 25.8 Å². The van der Waals surface area contributed by atoms with Crippen LogP contribution in [0.1, 0.15) is 22.3 Å². The highest BCUT2D eigenvalue weighted by atomic mass is 35.5. The van der Waals surface area contributed by atoms with Gasteiger partial charge in [-0.3, -0.25) is 10.1 Å². The molecule has 140 valence electrons. The summed E-state index contributed by atoms with van der Waals surface area (Å²) in [6.45, 7) is 1.99. The molecule has 0 unspecified atom stereocenters. The van der Waals surface area contributed by atoms with Crippen LogP contribution in [0.4, 0.5) is 5.13 Å². The quantitative estimate of drug-likeness (QED) is 0.531. The number of halogens is 1. The van der Waals surface area contributed by atoms with Gasteiger partial charge in [-0.1, -0.05) is 47.2 Å². The summed E-state index contributed by atoms with van der Waals surface area (Å²) in [5, 5.41) is 20.9. The Hall–Kier alpha value is -3.10. The maximum atomic E-state index is 12.4. The van der Waals surface area contributed by atoms with Gasteiger partial charge in [-0.05, 0) is 42.8 Å². The van der Waals surface area contributed by atoms with E-state index >= 15 is 0 Å². The molecule has 2 heterocycles. The van der Waals surface area contributed by atoms with Crippen molar-refractivity contribution < 1.29 is 4.79 Å². The van der Waals surface area contributed by atoms with Crippen LogP contribution in [0.3, 0.4) is 0 Å². The van der Waals surface area contributed by atoms with Gasteiger partial charge in [0.25, 0.3) is 5.91 Å². The fourth-order valence-corrected chi connectivity index (χ4v) is 3.41. The van der Waals surface area contributed by atoms with E-state index in [-0.39, 0.29) is 5.91 Å². The first kappa shape index (κ1) is 18.3. The zero-order valence-electron chi connectivity index (χ0n) is 14.8. The van der Waals surface area contributed by atoms with E-state index in [9.17, 15) is 4.79 Å². The summed E-state index contributed by atoms with van der Waals surface area (Å²) < 4.78 is 1.71. The fourth-order valence-electron chi connectivity index (χ4n) is 2.61. The third kappa shape index (κ3) is 3.78. The minimum absolute atomic E-state index is 0.234. The van der Waals surface area contributed by atoms with Gasteiger partial charge in [0.1, 0.15) is 5.01 Å². The summed E-state index contributed by atoms with van der Waals surface area (Å²) >= 11 is 7.33. The smallest absolute Gasteiger partial charge is 0.257 e. The lowest BCUT2D eigenvalue weighted by Gasteiger charge is -2.07. The van der Waals surface area contributed by atoms with Crippen molar-refractivity contribution in [2.45, 2.75) is 13.3 Å². The number of hydrogen-bond acceptors (Lipinski definition) is 6. The minimum atomic E-state index is -0.234. The number of aromatic nitrogens is 5. The number of anilines is 1. The third-order valence-corrected chi connectivity index (χ3v) is 5.29. The molecule has 0 aliphatic carbocycles. The first-order valence-electron chi connectivity index (χ1n) is 8.55. The molecule has 0 aliphatic rings. The van der Waals surface area contributed by atoms with E-state index in [0.717, 1.165) is 28.4 Å². The predicted molar refractivity (Wildman–Crippen MR) is 109 cm³/mol. The van der Waals surface area contributed by atoms with E-state index in [0.29, 0.717) is 15.7 Å². The van der Waals surface area contributed by atoms with Gasteiger partial charge in [-0.25, -0.2) is 4.68 Å². The Kier molecular flexibility index (Phi) is 5.14. The van der Waals surface area contributed by atoms with Crippen LogP contribution in [-0.2, 0) is 6.42 Å². The van der Waals surface area contributed by atoms with Crippen LogP contribution in [0.5, 0.6) is 0 Å². The highest BCUT2D eigenvalue weighted by Crippen LogP contribution is 2.23. The number of rotatable bonds is 5. The predicted octanol–water partition coefficient (Wildman–Crippen LogP) is 4.25. The molecule has 1 amide bonds. The minimum Gasteiger partial charge on any atom is -0.296 e. The molecule has 0 saturated carbocycles. The second kappa shape index (κ2) is 7.87. The van der Waals surface area contributed by atoms with Crippen LogP contribution >= 0.6 is 22.9 Å². The Labute approximate surface area is 170 Å². The molecule has 9 heteroatoms. The van der Waals surface area contributed by atoms with E-state index in [1.54, 1.807) is 23.0 Å². The number of carbonyl (C=O) groups is 1. The normalized spacial score (nSPS) is 10.8. The molecule has 0 fully saturated rings. The highest BCUT2D eigenvalue weighted by Gasteiger charge is 2.12. The maximum absolute atomic E-state index is 12.4. The molecule has 0 aliphatic heterocycles. The second-order valence-corrected chi connectivity index (χ2v) is 7.39. The molecular weight excluding hydrogens is 396 g/mol. The van der Waals surface area contributed by atoms with Crippen LogP contribution in [0.2, 0.25) is 5.02 Å². The fraction of sp³-hybridized carbons (Fsp3) is 0.105. The zero-order valence-corrected chi connectivity index (χ0v) is 16.4. The lowest BCUT2D eigenvalue weighted by Crippen LogP contribution is -2.12. The number of benzene rings is 2. The van der Waals surface area contributed by atoms with Crippen molar-refractivity contribution in [1.82, 2.24) is 25.2 Å². The lowest BCUT2D eigenvalue weighted by molar-refractivity contribution is 0.102. The molecule has 28 heavy (non-hydrogen) atoms. The zero-order chi connectivity index (χ0) is 19.5. The molecule has 0 atom stereocenters. The highest BCUT2D eigenvalue weighted by molar-refractivity contribution is 7.15. The van der Waals surface area contributed by atoms with Crippen molar-refractivity contribution in [3.8, 4) is 16.9 Å². The van der Waals surface area contributed by atoms with E-state index in [1.165, 1.54) is 11.3 Å². The van der Waals surface area contributed by atoms with Gasteiger partial charge in [0.15, 0.2) is 0 Å². The molecule has 1 N–H and O–H groups in total. The largest absolute Gasteiger partial charge is 0.296 e. The summed E-state index contributed by atoms with van der Waals surface area (Å²) in [6.07, 6.45) is 2.47. The number of amides is 1. The van der Waals surface area contributed by atoms with Crippen molar-refractivity contribution in [2.75, 3.05) is 5.32 Å². The average molecular weight is 411 g/mol. The molecule has 2 aromatic carbocycles. The number of nitrogens with zero attached hydrogens (tertiary/aromatic N) is 5. The molecular formula is C19H15ClN6OS. The van der Waals surface area contributed by atoms with Gasteiger partial charge in [-0.15, -0.1) is 15.3 Å². The first-order valence-corrected chi connectivity index (χ1v) is 9.74. The molecule has 0 radical (unpaired) electrons. The molecule has 2 aromatic heterocycles. The number of aryl methyl sites for hydroxylation is 1. The summed E-state index contributed by atoms with van der Waals surface area (Å²) in [7, 11) is 0. The Morgan fingerprint density at radius 2 is 1.86 bits per heavy atom. The van der Waals surface area contributed by atoms with Crippen LogP contribution < -0.4 is 5.32 Å². The lowest BCUT2D eigenvalue weighted by atomic mass is 10.1. The number of carbonyl (C=O) groups excluding carboxylic acids is 1. The van der Waals surface area contributed by atoms with Gasteiger partial charge < -0.3 is 0 Å². The Morgan fingerprint density at radius 3 is 2.54 bits per heavy atom. The van der Waals surface area contributed by atoms with Gasteiger partial charge in [0.05, 0.1) is 17.6 Å².